The fourth-order valence-corrected chi connectivity index (χ4v) is 4.00. The molecule has 0 bridgehead atoms. The van der Waals surface area contributed by atoms with Gasteiger partial charge in [-0.1, -0.05) is 23.9 Å². The van der Waals surface area contributed by atoms with Gasteiger partial charge in [0.05, 0.1) is 17.9 Å². The van der Waals surface area contributed by atoms with Crippen molar-refractivity contribution in [1.29, 1.82) is 0 Å². The number of ether oxygens (including phenoxy) is 1. The number of rotatable bonds is 6. The Labute approximate surface area is 168 Å². The highest BCUT2D eigenvalue weighted by Crippen LogP contribution is 2.33. The van der Waals surface area contributed by atoms with Crippen molar-refractivity contribution in [2.45, 2.75) is 35.3 Å². The third-order valence-electron chi connectivity index (χ3n) is 4.64. The molecule has 11 nitrogen and oxygen atoms in total. The molecule has 1 aliphatic rings. The van der Waals surface area contributed by atoms with Gasteiger partial charge in [-0.15, -0.1) is 0 Å². The van der Waals surface area contributed by atoms with Crippen LogP contribution in [0.15, 0.2) is 41.9 Å². The highest BCUT2D eigenvalue weighted by atomic mass is 32.2. The summed E-state index contributed by atoms with van der Waals surface area (Å²) < 4.78 is 7.03. The predicted molar refractivity (Wildman–Crippen MR) is 101 cm³/mol. The molecule has 1 saturated heterocycles. The van der Waals surface area contributed by atoms with Crippen LogP contribution in [-0.2, 0) is 10.5 Å². The summed E-state index contributed by atoms with van der Waals surface area (Å²) in [5, 5.41) is 40.8. The first kappa shape index (κ1) is 19.7. The van der Waals surface area contributed by atoms with E-state index in [1.54, 1.807) is 12.1 Å². The number of nitro groups is 1. The van der Waals surface area contributed by atoms with Gasteiger partial charge in [0, 0.05) is 17.9 Å². The van der Waals surface area contributed by atoms with E-state index in [0.29, 0.717) is 21.9 Å². The molecule has 1 fully saturated rings. The Hall–Kier alpha value is -2.64. The molecule has 29 heavy (non-hydrogen) atoms. The Kier molecular flexibility index (Phi) is 5.43. The zero-order valence-electron chi connectivity index (χ0n) is 14.9. The zero-order valence-corrected chi connectivity index (χ0v) is 15.7. The minimum absolute atomic E-state index is 0.0282. The van der Waals surface area contributed by atoms with Crippen molar-refractivity contribution in [2.24, 2.45) is 0 Å². The molecule has 0 radical (unpaired) electrons. The lowest BCUT2D eigenvalue weighted by Crippen LogP contribution is -2.33. The van der Waals surface area contributed by atoms with Crippen molar-refractivity contribution in [3.63, 3.8) is 0 Å². The lowest BCUT2D eigenvalue weighted by molar-refractivity contribution is -0.384. The van der Waals surface area contributed by atoms with Crippen LogP contribution in [0.1, 0.15) is 11.8 Å². The number of nitro benzene ring substituents is 1. The number of imidazole rings is 1. The van der Waals surface area contributed by atoms with Crippen molar-refractivity contribution in [2.75, 3.05) is 6.61 Å². The molecule has 12 heteroatoms. The van der Waals surface area contributed by atoms with Crippen molar-refractivity contribution >= 4 is 28.6 Å². The summed E-state index contributed by atoms with van der Waals surface area (Å²) in [5.41, 5.74) is 1.83. The van der Waals surface area contributed by atoms with Crippen LogP contribution in [-0.4, -0.2) is 64.7 Å². The van der Waals surface area contributed by atoms with Gasteiger partial charge in [-0.25, -0.2) is 15.0 Å². The second-order valence-corrected chi connectivity index (χ2v) is 7.41. The molecule has 3 N–H and O–H groups in total. The van der Waals surface area contributed by atoms with Crippen molar-refractivity contribution < 1.29 is 25.0 Å². The van der Waals surface area contributed by atoms with E-state index in [1.165, 1.54) is 41.1 Å². The van der Waals surface area contributed by atoms with Gasteiger partial charge in [-0.2, -0.15) is 0 Å². The largest absolute Gasteiger partial charge is 0.394 e. The van der Waals surface area contributed by atoms with Crippen molar-refractivity contribution in [3.05, 3.63) is 52.6 Å². The van der Waals surface area contributed by atoms with Crippen LogP contribution < -0.4 is 0 Å². The second-order valence-electron chi connectivity index (χ2n) is 6.44. The number of non-ortho nitro benzene ring substituents is 1. The molecule has 2 aromatic heterocycles. The molecule has 152 valence electrons. The van der Waals surface area contributed by atoms with Gasteiger partial charge in [0.15, 0.2) is 11.9 Å². The van der Waals surface area contributed by atoms with Crippen LogP contribution in [0.4, 0.5) is 5.69 Å². The Bertz CT molecular complexity index is 1030. The van der Waals surface area contributed by atoms with E-state index in [4.69, 9.17) is 4.74 Å². The molecule has 0 amide bonds. The number of aliphatic hydroxyl groups is 3. The monoisotopic (exact) mass is 419 g/mol. The number of nitrogens with zero attached hydrogens (tertiary/aromatic N) is 5. The SMILES string of the molecule is O=[N+]([O-])c1ccc(CSc2ncnc3c2ncn3[C@@H]2O[C@H](CO)[C@H](O)[C@H]2O)cc1. The summed E-state index contributed by atoms with van der Waals surface area (Å²) in [4.78, 5) is 23.1. The molecule has 0 aliphatic carbocycles. The van der Waals surface area contributed by atoms with Gasteiger partial charge >= 0.3 is 0 Å². The maximum Gasteiger partial charge on any atom is 0.269 e. The number of hydrogen-bond donors (Lipinski definition) is 3. The number of aromatic nitrogens is 4. The summed E-state index contributed by atoms with van der Waals surface area (Å²) in [6.45, 7) is -0.424. The molecule has 0 spiro atoms. The second kappa shape index (κ2) is 8.00. The number of thioether (sulfide) groups is 1. The summed E-state index contributed by atoms with van der Waals surface area (Å²) >= 11 is 1.39. The van der Waals surface area contributed by atoms with Gasteiger partial charge in [0.1, 0.15) is 35.2 Å². The quantitative estimate of drug-likeness (QED) is 0.224. The van der Waals surface area contributed by atoms with Crippen LogP contribution in [0, 0.1) is 10.1 Å². The first-order valence-corrected chi connectivity index (χ1v) is 9.64. The van der Waals surface area contributed by atoms with Gasteiger partial charge < -0.3 is 20.1 Å². The Balaban J connectivity index is 1.55. The first-order valence-electron chi connectivity index (χ1n) is 8.65. The topological polar surface area (TPSA) is 157 Å². The van der Waals surface area contributed by atoms with Crippen LogP contribution in [0.2, 0.25) is 0 Å². The highest BCUT2D eigenvalue weighted by Gasteiger charge is 2.44. The molecule has 0 saturated carbocycles. The van der Waals surface area contributed by atoms with Crippen LogP contribution in [0.3, 0.4) is 0 Å². The molecule has 3 aromatic rings. The van der Waals surface area contributed by atoms with Gasteiger partial charge in [-0.05, 0) is 5.56 Å². The standard InChI is InChI=1S/C17H17N5O6S/c23-5-11-13(24)14(25)17(28-11)21-8-20-12-15(21)18-7-19-16(12)29-6-9-1-3-10(4-2-9)22(26)27/h1-4,7-8,11,13-14,17,23-25H,5-6H2/t11-,13+,14-,17-/m1/s1. The van der Waals surface area contributed by atoms with Crippen molar-refractivity contribution in [1.82, 2.24) is 19.5 Å². The fourth-order valence-electron chi connectivity index (χ4n) is 3.10. The molecule has 0 unspecified atom stereocenters. The van der Waals surface area contributed by atoms with Gasteiger partial charge in [-0.3, -0.25) is 14.7 Å². The zero-order chi connectivity index (χ0) is 20.5. The van der Waals surface area contributed by atoms with E-state index in [0.717, 1.165) is 5.56 Å². The highest BCUT2D eigenvalue weighted by molar-refractivity contribution is 7.98. The normalized spacial score (nSPS) is 24.2. The lowest BCUT2D eigenvalue weighted by atomic mass is 10.1. The summed E-state index contributed by atoms with van der Waals surface area (Å²) in [6, 6.07) is 6.26. The summed E-state index contributed by atoms with van der Waals surface area (Å²) in [7, 11) is 0. The third kappa shape index (κ3) is 3.68. The van der Waals surface area contributed by atoms with E-state index < -0.39 is 36.1 Å². The Morgan fingerprint density at radius 2 is 1.93 bits per heavy atom. The minimum Gasteiger partial charge on any atom is -0.394 e. The van der Waals surface area contributed by atoms with Gasteiger partial charge in [0.2, 0.25) is 0 Å². The lowest BCUT2D eigenvalue weighted by Gasteiger charge is -2.16. The molecule has 1 aromatic carbocycles. The van der Waals surface area contributed by atoms with Crippen LogP contribution in [0.5, 0.6) is 0 Å². The molecular formula is C17H17N5O6S. The van der Waals surface area contributed by atoms with Gasteiger partial charge in [0.25, 0.3) is 5.69 Å². The average molecular weight is 419 g/mol. The number of fused-ring (bicyclic) bond motifs is 1. The van der Waals surface area contributed by atoms with E-state index in [1.807, 2.05) is 0 Å². The predicted octanol–water partition coefficient (Wildman–Crippen LogP) is 0.638. The Morgan fingerprint density at radius 3 is 2.59 bits per heavy atom. The smallest absolute Gasteiger partial charge is 0.269 e. The van der Waals surface area contributed by atoms with E-state index in [2.05, 4.69) is 15.0 Å². The van der Waals surface area contributed by atoms with E-state index in [9.17, 15) is 25.4 Å². The molecule has 4 rings (SSSR count). The molecule has 3 heterocycles. The molecule has 4 atom stereocenters. The minimum atomic E-state index is -1.24. The Morgan fingerprint density at radius 1 is 1.17 bits per heavy atom. The molecule has 1 aliphatic heterocycles. The average Bonchev–Trinajstić information content (AvgIpc) is 3.28. The maximum atomic E-state index is 10.7. The van der Waals surface area contributed by atoms with Crippen LogP contribution >= 0.6 is 11.8 Å². The summed E-state index contributed by atoms with van der Waals surface area (Å²) in [5.74, 6) is 0.519. The number of aliphatic hydroxyl groups excluding tert-OH is 3. The fraction of sp³-hybridized carbons (Fsp3) is 0.353. The molecular weight excluding hydrogens is 402 g/mol. The van der Waals surface area contributed by atoms with Crippen molar-refractivity contribution in [3.8, 4) is 0 Å². The van der Waals surface area contributed by atoms with Crippen LogP contribution in [0.25, 0.3) is 11.2 Å². The first-order chi connectivity index (χ1) is 14.0. The maximum absolute atomic E-state index is 10.7. The number of benzene rings is 1. The van der Waals surface area contributed by atoms with E-state index in [-0.39, 0.29) is 5.69 Å². The number of hydrogen-bond acceptors (Lipinski definition) is 10. The third-order valence-corrected chi connectivity index (χ3v) is 5.69. The summed E-state index contributed by atoms with van der Waals surface area (Å²) in [6.07, 6.45) is -1.49. The van der Waals surface area contributed by atoms with E-state index >= 15 is 0 Å².